The molecule has 0 aromatic heterocycles. The first-order valence-corrected chi connectivity index (χ1v) is 12.8. The zero-order chi connectivity index (χ0) is 20.5. The Morgan fingerprint density at radius 3 is 1.33 bits per heavy atom. The number of likely N-dealkylation sites (tertiary alicyclic amines) is 2. The van der Waals surface area contributed by atoms with Gasteiger partial charge in [0.25, 0.3) is 0 Å². The Balaban J connectivity index is 0.000000394. The minimum atomic E-state index is 0.962. The maximum absolute atomic E-state index is 2.72. The van der Waals surface area contributed by atoms with Gasteiger partial charge in [-0.05, 0) is 76.9 Å². The summed E-state index contributed by atoms with van der Waals surface area (Å²) in [6.45, 7) is 19.9. The smallest absolute Gasteiger partial charge is 0.00953 e. The Morgan fingerprint density at radius 1 is 0.481 bits per heavy atom. The van der Waals surface area contributed by atoms with Crippen molar-refractivity contribution in [3.63, 3.8) is 0 Å². The third kappa shape index (κ3) is 10.3. The summed E-state index contributed by atoms with van der Waals surface area (Å²) in [6.07, 6.45) is 16.2. The summed E-state index contributed by atoms with van der Waals surface area (Å²) < 4.78 is 0. The van der Waals surface area contributed by atoms with Crippen LogP contribution in [0.5, 0.6) is 0 Å². The van der Waals surface area contributed by atoms with Crippen LogP contribution in [0.3, 0.4) is 0 Å². The van der Waals surface area contributed by atoms with Crippen molar-refractivity contribution in [2.75, 3.05) is 26.2 Å². The fourth-order valence-corrected chi connectivity index (χ4v) is 4.34. The first kappa shape index (κ1) is 26.9. The molecule has 4 aliphatic rings. The molecule has 0 amide bonds. The van der Waals surface area contributed by atoms with Crippen LogP contribution in [-0.2, 0) is 0 Å². The van der Waals surface area contributed by atoms with E-state index in [1.54, 1.807) is 0 Å². The number of rotatable bonds is 2. The van der Waals surface area contributed by atoms with Gasteiger partial charge in [0.05, 0.1) is 0 Å². The van der Waals surface area contributed by atoms with Gasteiger partial charge >= 0.3 is 0 Å². The van der Waals surface area contributed by atoms with Gasteiger partial charge in [0, 0.05) is 18.6 Å². The number of hydrogen-bond donors (Lipinski definition) is 0. The molecule has 2 aliphatic carbocycles. The first-order chi connectivity index (χ1) is 13.3. The lowest BCUT2D eigenvalue weighted by Gasteiger charge is -2.41. The second-order valence-electron chi connectivity index (χ2n) is 8.01. The SMILES string of the molecule is C1CCN(C2CCC2)CC1.CC.CC.CC.CC1CCCN(C2CCC2)C1. The van der Waals surface area contributed by atoms with Gasteiger partial charge in [0.2, 0.25) is 0 Å². The van der Waals surface area contributed by atoms with Crippen LogP contribution < -0.4 is 0 Å². The highest BCUT2D eigenvalue weighted by Crippen LogP contribution is 2.29. The molecule has 0 N–H and O–H groups in total. The molecule has 4 fully saturated rings. The van der Waals surface area contributed by atoms with Crippen LogP contribution in [-0.4, -0.2) is 48.1 Å². The average Bonchev–Trinajstić information content (AvgIpc) is 2.66. The van der Waals surface area contributed by atoms with Crippen LogP contribution in [0.15, 0.2) is 0 Å². The van der Waals surface area contributed by atoms with Crippen molar-refractivity contribution >= 4 is 0 Å². The lowest BCUT2D eigenvalue weighted by atomic mass is 9.88. The van der Waals surface area contributed by atoms with Crippen molar-refractivity contribution < 1.29 is 0 Å². The van der Waals surface area contributed by atoms with E-state index in [9.17, 15) is 0 Å². The predicted molar refractivity (Wildman–Crippen MR) is 125 cm³/mol. The average molecular weight is 383 g/mol. The topological polar surface area (TPSA) is 6.48 Å². The van der Waals surface area contributed by atoms with Crippen LogP contribution in [0.1, 0.15) is 119 Å². The highest BCUT2D eigenvalue weighted by atomic mass is 15.2. The lowest BCUT2D eigenvalue weighted by molar-refractivity contribution is 0.0817. The molecular formula is C25H54N2. The molecule has 2 heteroatoms. The molecular weight excluding hydrogens is 328 g/mol. The summed E-state index contributed by atoms with van der Waals surface area (Å²) in [5.74, 6) is 0.962. The molecule has 2 saturated carbocycles. The molecule has 4 rings (SSSR count). The molecule has 1 atom stereocenters. The molecule has 0 aromatic carbocycles. The van der Waals surface area contributed by atoms with E-state index in [4.69, 9.17) is 0 Å². The molecule has 2 heterocycles. The van der Waals surface area contributed by atoms with Gasteiger partial charge < -0.3 is 9.80 Å². The second kappa shape index (κ2) is 18.0. The van der Waals surface area contributed by atoms with Crippen molar-refractivity contribution in [2.24, 2.45) is 5.92 Å². The number of nitrogens with zero attached hydrogens (tertiary/aromatic N) is 2. The molecule has 0 bridgehead atoms. The summed E-state index contributed by atoms with van der Waals surface area (Å²) in [7, 11) is 0. The Bertz CT molecular complexity index is 291. The Hall–Kier alpha value is -0.0800. The summed E-state index contributed by atoms with van der Waals surface area (Å²) in [6, 6.07) is 1.98. The van der Waals surface area contributed by atoms with Crippen molar-refractivity contribution in [2.45, 2.75) is 131 Å². The van der Waals surface area contributed by atoms with E-state index in [1.165, 1.54) is 96.8 Å². The fraction of sp³-hybridized carbons (Fsp3) is 1.00. The summed E-state index contributed by atoms with van der Waals surface area (Å²) in [4.78, 5) is 5.42. The van der Waals surface area contributed by atoms with Gasteiger partial charge in [-0.3, -0.25) is 0 Å². The molecule has 0 spiro atoms. The van der Waals surface area contributed by atoms with E-state index in [0.29, 0.717) is 0 Å². The molecule has 164 valence electrons. The van der Waals surface area contributed by atoms with Crippen molar-refractivity contribution in [3.05, 3.63) is 0 Å². The van der Waals surface area contributed by atoms with E-state index in [0.717, 1.165) is 18.0 Å². The monoisotopic (exact) mass is 382 g/mol. The largest absolute Gasteiger partial charge is 0.300 e. The minimum absolute atomic E-state index is 0.962. The Morgan fingerprint density at radius 2 is 0.926 bits per heavy atom. The molecule has 2 saturated heterocycles. The van der Waals surface area contributed by atoms with Crippen LogP contribution in [0.4, 0.5) is 0 Å². The van der Waals surface area contributed by atoms with Crippen molar-refractivity contribution in [1.82, 2.24) is 9.80 Å². The number of piperidine rings is 2. The third-order valence-electron chi connectivity index (χ3n) is 6.26. The zero-order valence-electron chi connectivity index (χ0n) is 20.2. The van der Waals surface area contributed by atoms with E-state index in [1.807, 2.05) is 41.5 Å². The van der Waals surface area contributed by atoms with Crippen molar-refractivity contribution in [1.29, 1.82) is 0 Å². The standard InChI is InChI=1S/C10H19N.C9H17N.3C2H6/c1-9-4-3-7-11(8-9)10-5-2-6-10;1-2-7-10(8-3-1)9-5-4-6-9;3*1-2/h9-10H,2-8H2,1H3;9H,1-8H2;3*1-2H3. The van der Waals surface area contributed by atoms with Crippen LogP contribution in [0, 0.1) is 5.92 Å². The van der Waals surface area contributed by atoms with Gasteiger partial charge in [0.1, 0.15) is 0 Å². The molecule has 0 aromatic rings. The molecule has 0 radical (unpaired) electrons. The van der Waals surface area contributed by atoms with E-state index >= 15 is 0 Å². The van der Waals surface area contributed by atoms with E-state index in [-0.39, 0.29) is 0 Å². The highest BCUT2D eigenvalue weighted by Gasteiger charge is 2.27. The molecule has 27 heavy (non-hydrogen) atoms. The molecule has 2 aliphatic heterocycles. The quantitative estimate of drug-likeness (QED) is 0.491. The van der Waals surface area contributed by atoms with Gasteiger partial charge in [-0.1, -0.05) is 67.7 Å². The van der Waals surface area contributed by atoms with Gasteiger partial charge in [-0.2, -0.15) is 0 Å². The molecule has 1 unspecified atom stereocenters. The fourth-order valence-electron chi connectivity index (χ4n) is 4.34. The normalized spacial score (nSPS) is 26.1. The van der Waals surface area contributed by atoms with Gasteiger partial charge in [0.15, 0.2) is 0 Å². The second-order valence-corrected chi connectivity index (χ2v) is 8.01. The summed E-state index contributed by atoms with van der Waals surface area (Å²) in [5, 5.41) is 0. The highest BCUT2D eigenvalue weighted by molar-refractivity contribution is 4.83. The van der Waals surface area contributed by atoms with Gasteiger partial charge in [-0.25, -0.2) is 0 Å². The predicted octanol–water partition coefficient (Wildman–Crippen LogP) is 7.37. The number of hydrogen-bond acceptors (Lipinski definition) is 2. The Kier molecular flexibility index (Phi) is 17.9. The maximum atomic E-state index is 2.72. The Labute approximate surface area is 173 Å². The third-order valence-corrected chi connectivity index (χ3v) is 6.26. The van der Waals surface area contributed by atoms with Crippen LogP contribution in [0.2, 0.25) is 0 Å². The molecule has 2 nitrogen and oxygen atoms in total. The summed E-state index contributed by atoms with van der Waals surface area (Å²) >= 11 is 0. The lowest BCUT2D eigenvalue weighted by Crippen LogP contribution is -2.45. The summed E-state index contributed by atoms with van der Waals surface area (Å²) in [5.41, 5.74) is 0. The van der Waals surface area contributed by atoms with Gasteiger partial charge in [-0.15, -0.1) is 0 Å². The van der Waals surface area contributed by atoms with E-state index < -0.39 is 0 Å². The zero-order valence-corrected chi connectivity index (χ0v) is 20.2. The maximum Gasteiger partial charge on any atom is 0.00953 e. The van der Waals surface area contributed by atoms with Crippen LogP contribution in [0.25, 0.3) is 0 Å². The van der Waals surface area contributed by atoms with Crippen molar-refractivity contribution in [3.8, 4) is 0 Å². The van der Waals surface area contributed by atoms with E-state index in [2.05, 4.69) is 16.7 Å². The first-order valence-electron chi connectivity index (χ1n) is 12.8. The minimum Gasteiger partial charge on any atom is -0.300 e. The van der Waals surface area contributed by atoms with Crippen LogP contribution >= 0.6 is 0 Å².